The Labute approximate surface area is 94.7 Å². The van der Waals surface area contributed by atoms with Gasteiger partial charge in [-0.3, -0.25) is 9.36 Å². The van der Waals surface area contributed by atoms with Crippen LogP contribution < -0.4 is 5.30 Å². The van der Waals surface area contributed by atoms with Crippen molar-refractivity contribution in [2.75, 3.05) is 7.11 Å². The van der Waals surface area contributed by atoms with Gasteiger partial charge in [0.05, 0.1) is 6.42 Å². The predicted octanol–water partition coefficient (Wildman–Crippen LogP) is 2.10. The lowest BCUT2D eigenvalue weighted by Gasteiger charge is -2.22. The van der Waals surface area contributed by atoms with E-state index in [9.17, 15) is 9.36 Å². The summed E-state index contributed by atoms with van der Waals surface area (Å²) < 4.78 is 17.6. The summed E-state index contributed by atoms with van der Waals surface area (Å²) in [5, 5.41) is 9.27. The molecule has 1 aromatic rings. The molecule has 0 heterocycles. The first kappa shape index (κ1) is 12.9. The summed E-state index contributed by atoms with van der Waals surface area (Å²) in [7, 11) is -1.73. The third-order valence-electron chi connectivity index (χ3n) is 2.44. The zero-order chi connectivity index (χ0) is 12.2. The molecule has 0 amide bonds. The number of carbonyl (C=O) groups is 1. The standard InChI is InChI=1S/C11H15O4P/c1-9(8-11(12)13)16(14,15-2)10-6-4-3-5-7-10/h3-7,9H,8H2,1-2H3,(H,12,13). The topological polar surface area (TPSA) is 63.6 Å². The van der Waals surface area contributed by atoms with Crippen LogP contribution in [0.25, 0.3) is 0 Å². The van der Waals surface area contributed by atoms with E-state index in [0.717, 1.165) is 0 Å². The average molecular weight is 242 g/mol. The molecule has 0 saturated carbocycles. The second-order valence-corrected chi connectivity index (χ2v) is 6.52. The molecule has 2 unspecified atom stereocenters. The summed E-state index contributed by atoms with van der Waals surface area (Å²) in [6.45, 7) is 1.63. The van der Waals surface area contributed by atoms with E-state index in [2.05, 4.69) is 0 Å². The van der Waals surface area contributed by atoms with Crippen LogP contribution in [0.3, 0.4) is 0 Å². The van der Waals surface area contributed by atoms with Crippen LogP contribution in [0.4, 0.5) is 0 Å². The first-order chi connectivity index (χ1) is 7.50. The quantitative estimate of drug-likeness (QED) is 0.803. The molecule has 0 aliphatic carbocycles. The van der Waals surface area contributed by atoms with Gasteiger partial charge in [-0.2, -0.15) is 0 Å². The van der Waals surface area contributed by atoms with Gasteiger partial charge in [-0.05, 0) is 12.1 Å². The molecule has 16 heavy (non-hydrogen) atoms. The maximum Gasteiger partial charge on any atom is 0.304 e. The van der Waals surface area contributed by atoms with Crippen LogP contribution >= 0.6 is 7.37 Å². The van der Waals surface area contributed by atoms with Gasteiger partial charge < -0.3 is 9.63 Å². The van der Waals surface area contributed by atoms with Crippen LogP contribution in [0.2, 0.25) is 0 Å². The maximum atomic E-state index is 12.5. The Bertz CT molecular complexity index is 402. The van der Waals surface area contributed by atoms with E-state index in [-0.39, 0.29) is 6.42 Å². The summed E-state index contributed by atoms with van der Waals surface area (Å²) >= 11 is 0. The summed E-state index contributed by atoms with van der Waals surface area (Å²) in [5.41, 5.74) is -0.530. The minimum Gasteiger partial charge on any atom is -0.481 e. The van der Waals surface area contributed by atoms with Crippen molar-refractivity contribution in [2.24, 2.45) is 0 Å². The molecule has 0 aromatic heterocycles. The summed E-state index contributed by atoms with van der Waals surface area (Å²) in [6, 6.07) is 8.72. The van der Waals surface area contributed by atoms with Crippen LogP contribution in [-0.2, 0) is 13.9 Å². The number of aliphatic carboxylic acids is 1. The highest BCUT2D eigenvalue weighted by Crippen LogP contribution is 2.50. The minimum absolute atomic E-state index is 0.167. The molecule has 0 aliphatic heterocycles. The molecule has 0 aliphatic rings. The van der Waals surface area contributed by atoms with Gasteiger partial charge in [0, 0.05) is 18.1 Å². The SMILES string of the molecule is COP(=O)(c1ccccc1)C(C)CC(=O)O. The third kappa shape index (κ3) is 2.71. The predicted molar refractivity (Wildman–Crippen MR) is 62.4 cm³/mol. The van der Waals surface area contributed by atoms with Crippen molar-refractivity contribution in [2.45, 2.75) is 19.0 Å². The second kappa shape index (κ2) is 5.28. The van der Waals surface area contributed by atoms with Gasteiger partial charge in [-0.25, -0.2) is 0 Å². The van der Waals surface area contributed by atoms with Gasteiger partial charge in [0.25, 0.3) is 0 Å². The fourth-order valence-corrected chi connectivity index (χ4v) is 3.61. The number of benzene rings is 1. The van der Waals surface area contributed by atoms with Gasteiger partial charge in [0.15, 0.2) is 0 Å². The Kier molecular flexibility index (Phi) is 4.27. The first-order valence-corrected chi connectivity index (χ1v) is 6.63. The minimum atomic E-state index is -3.08. The van der Waals surface area contributed by atoms with Crippen LogP contribution in [0.1, 0.15) is 13.3 Å². The first-order valence-electron chi connectivity index (χ1n) is 4.93. The van der Waals surface area contributed by atoms with Gasteiger partial charge >= 0.3 is 5.97 Å². The molecular formula is C11H15O4P. The molecule has 4 nitrogen and oxygen atoms in total. The Hall–Kier alpha value is -1.12. The number of carboxylic acid groups (broad SMARTS) is 1. The average Bonchev–Trinajstić information content (AvgIpc) is 2.28. The van der Waals surface area contributed by atoms with Crippen molar-refractivity contribution in [1.82, 2.24) is 0 Å². The Morgan fingerprint density at radius 2 is 2.00 bits per heavy atom. The van der Waals surface area contributed by atoms with Crippen molar-refractivity contribution in [1.29, 1.82) is 0 Å². The zero-order valence-electron chi connectivity index (χ0n) is 9.29. The molecule has 0 bridgehead atoms. The largest absolute Gasteiger partial charge is 0.481 e. The molecule has 1 rings (SSSR count). The number of rotatable bonds is 5. The maximum absolute atomic E-state index is 12.5. The van der Waals surface area contributed by atoms with Crippen LogP contribution in [0.15, 0.2) is 30.3 Å². The fourth-order valence-electron chi connectivity index (χ4n) is 1.55. The summed E-state index contributed by atoms with van der Waals surface area (Å²) in [6.07, 6.45) is -0.167. The lowest BCUT2D eigenvalue weighted by atomic mass is 10.3. The fraction of sp³-hybridized carbons (Fsp3) is 0.364. The van der Waals surface area contributed by atoms with Gasteiger partial charge in [-0.1, -0.05) is 25.1 Å². The van der Waals surface area contributed by atoms with E-state index in [1.165, 1.54) is 7.11 Å². The van der Waals surface area contributed by atoms with Crippen LogP contribution in [0.5, 0.6) is 0 Å². The van der Waals surface area contributed by atoms with Gasteiger partial charge in [-0.15, -0.1) is 0 Å². The van der Waals surface area contributed by atoms with Crippen molar-refractivity contribution >= 4 is 18.6 Å². The highest BCUT2D eigenvalue weighted by molar-refractivity contribution is 7.67. The highest BCUT2D eigenvalue weighted by atomic mass is 31.2. The number of hydrogen-bond donors (Lipinski definition) is 1. The van der Waals surface area contributed by atoms with Crippen molar-refractivity contribution in [3.63, 3.8) is 0 Å². The normalized spacial score (nSPS) is 16.4. The van der Waals surface area contributed by atoms with Gasteiger partial charge in [0.1, 0.15) is 0 Å². The molecule has 0 radical (unpaired) electrons. The van der Waals surface area contributed by atoms with Crippen molar-refractivity contribution in [3.8, 4) is 0 Å². The van der Waals surface area contributed by atoms with Gasteiger partial charge in [0.2, 0.25) is 7.37 Å². The van der Waals surface area contributed by atoms with E-state index in [1.807, 2.05) is 6.07 Å². The Balaban J connectivity index is 3.03. The molecule has 1 N–H and O–H groups in total. The lowest BCUT2D eigenvalue weighted by Crippen LogP contribution is -2.19. The van der Waals surface area contributed by atoms with E-state index in [4.69, 9.17) is 9.63 Å². The second-order valence-electron chi connectivity index (χ2n) is 3.56. The lowest BCUT2D eigenvalue weighted by molar-refractivity contribution is -0.137. The molecule has 5 heteroatoms. The van der Waals surface area contributed by atoms with Crippen molar-refractivity contribution < 1.29 is 19.0 Å². The van der Waals surface area contributed by atoms with Crippen molar-refractivity contribution in [3.05, 3.63) is 30.3 Å². The molecule has 1 aromatic carbocycles. The molecule has 0 saturated heterocycles. The Morgan fingerprint density at radius 3 is 2.44 bits per heavy atom. The smallest absolute Gasteiger partial charge is 0.304 e. The van der Waals surface area contributed by atoms with E-state index < -0.39 is 19.0 Å². The highest BCUT2D eigenvalue weighted by Gasteiger charge is 2.33. The number of hydrogen-bond acceptors (Lipinski definition) is 3. The number of carboxylic acids is 1. The zero-order valence-corrected chi connectivity index (χ0v) is 10.2. The van der Waals surface area contributed by atoms with E-state index in [1.54, 1.807) is 31.2 Å². The molecular weight excluding hydrogens is 227 g/mol. The molecule has 0 fully saturated rings. The van der Waals surface area contributed by atoms with Crippen LogP contribution in [0, 0.1) is 0 Å². The Morgan fingerprint density at radius 1 is 1.44 bits per heavy atom. The molecule has 88 valence electrons. The monoisotopic (exact) mass is 242 g/mol. The van der Waals surface area contributed by atoms with Crippen LogP contribution in [-0.4, -0.2) is 23.8 Å². The van der Waals surface area contributed by atoms with E-state index >= 15 is 0 Å². The molecule has 0 spiro atoms. The third-order valence-corrected chi connectivity index (χ3v) is 5.34. The molecule has 2 atom stereocenters. The summed E-state index contributed by atoms with van der Waals surface area (Å²) in [4.78, 5) is 10.6. The van der Waals surface area contributed by atoms with E-state index in [0.29, 0.717) is 5.30 Å². The summed E-state index contributed by atoms with van der Waals surface area (Å²) in [5.74, 6) is -0.972.